The first-order valence-corrected chi connectivity index (χ1v) is 14.9. The SMILES string of the molecule is [2H]c1c([2H])c([2H])c(-c2c([2H])c([2H])c(N(c3c([2H])c([2H])c(-c4c([2H])c([2H])c([2H])c([2H])c4[2H])c([2H])c3[2H])c3cc4oc5cccc(-c6ccccc6)c5c4c4ccccc34)c([2H])c2[2H])c([2H])c1[2H]. The van der Waals surface area contributed by atoms with Crippen molar-refractivity contribution in [3.63, 3.8) is 0 Å². The monoisotopic (exact) mass is 631 g/mol. The van der Waals surface area contributed by atoms with E-state index in [1.165, 1.54) is 6.07 Å². The van der Waals surface area contributed by atoms with Gasteiger partial charge >= 0.3 is 0 Å². The van der Waals surface area contributed by atoms with Crippen molar-refractivity contribution in [1.29, 1.82) is 0 Å². The van der Waals surface area contributed by atoms with E-state index >= 15 is 0 Å². The molecule has 1 heterocycles. The lowest BCUT2D eigenvalue weighted by atomic mass is 9.95. The maximum absolute atomic E-state index is 9.54. The van der Waals surface area contributed by atoms with E-state index in [0.717, 1.165) is 21.4 Å². The van der Waals surface area contributed by atoms with Crippen molar-refractivity contribution >= 4 is 49.8 Å². The van der Waals surface area contributed by atoms with Gasteiger partial charge < -0.3 is 9.32 Å². The fourth-order valence-electron chi connectivity index (χ4n) is 5.89. The van der Waals surface area contributed by atoms with Crippen LogP contribution in [-0.2, 0) is 0 Å². The Morgan fingerprint density at radius 1 is 0.417 bits per heavy atom. The number of furan rings is 1. The minimum absolute atomic E-state index is 0.00821. The second-order valence-corrected chi connectivity index (χ2v) is 10.7. The van der Waals surface area contributed by atoms with E-state index in [1.54, 1.807) is 30.3 Å². The quantitative estimate of drug-likeness (QED) is 0.182. The van der Waals surface area contributed by atoms with Crippen molar-refractivity contribution in [2.75, 3.05) is 4.90 Å². The third-order valence-electron chi connectivity index (χ3n) is 7.98. The second-order valence-electron chi connectivity index (χ2n) is 10.7. The van der Waals surface area contributed by atoms with Gasteiger partial charge in [0, 0.05) is 33.6 Å². The Morgan fingerprint density at radius 2 is 0.958 bits per heavy atom. The standard InChI is InChI=1S/C46H31NO/c1-4-13-32(14-5-1)34-23-27-37(28-24-34)47(38-29-25-35(26-30-38)33-15-6-2-7-16-33)42-31-44-46(41-20-11-10-19-40(41)42)45-39(21-12-22-43(45)48-44)36-17-8-3-9-18-36/h1-31H/i1D,2D,4D,5D,6D,7D,13D,14D,15D,16D,23D,24D,25D,26D,27D,28D,29D,30D. The van der Waals surface area contributed by atoms with E-state index in [0.29, 0.717) is 21.7 Å². The molecular weight excluding hydrogens is 583 g/mol. The summed E-state index contributed by atoms with van der Waals surface area (Å²) >= 11 is 0. The lowest BCUT2D eigenvalue weighted by molar-refractivity contribution is 0.669. The predicted molar refractivity (Wildman–Crippen MR) is 202 cm³/mol. The number of rotatable bonds is 6. The van der Waals surface area contributed by atoms with Gasteiger partial charge in [-0.3, -0.25) is 0 Å². The third-order valence-corrected chi connectivity index (χ3v) is 7.98. The first kappa shape index (κ1) is 15.0. The van der Waals surface area contributed by atoms with Crippen LogP contribution in [0.15, 0.2) is 192 Å². The average molecular weight is 632 g/mol. The summed E-state index contributed by atoms with van der Waals surface area (Å²) in [6.07, 6.45) is 0. The van der Waals surface area contributed by atoms with Gasteiger partial charge in [-0.25, -0.2) is 0 Å². The Kier molecular flexibility index (Phi) is 3.68. The molecule has 9 aromatic rings. The highest BCUT2D eigenvalue weighted by Crippen LogP contribution is 2.46. The molecule has 0 unspecified atom stereocenters. The fourth-order valence-corrected chi connectivity index (χ4v) is 5.89. The first-order valence-electron chi connectivity index (χ1n) is 23.9. The molecule has 226 valence electrons. The molecule has 0 radical (unpaired) electrons. The van der Waals surface area contributed by atoms with Gasteiger partial charge in [-0.05, 0) is 69.0 Å². The van der Waals surface area contributed by atoms with Crippen LogP contribution < -0.4 is 4.90 Å². The molecule has 0 saturated carbocycles. The van der Waals surface area contributed by atoms with Crippen molar-refractivity contribution in [1.82, 2.24) is 0 Å². The zero-order valence-electron chi connectivity index (χ0n) is 42.9. The van der Waals surface area contributed by atoms with Gasteiger partial charge in [-0.1, -0.05) is 151 Å². The number of nitrogens with zero attached hydrogens (tertiary/aromatic N) is 1. The molecule has 0 N–H and O–H groups in total. The molecule has 0 aliphatic heterocycles. The zero-order chi connectivity index (χ0) is 47.5. The highest BCUT2D eigenvalue weighted by atomic mass is 16.3. The molecule has 48 heavy (non-hydrogen) atoms. The summed E-state index contributed by atoms with van der Waals surface area (Å²) < 4.78 is 166. The Hall–Kier alpha value is -6.38. The minimum atomic E-state index is -0.859. The number of anilines is 3. The Bertz CT molecular complexity index is 3340. The zero-order valence-corrected chi connectivity index (χ0v) is 24.9. The van der Waals surface area contributed by atoms with E-state index in [4.69, 9.17) is 18.1 Å². The van der Waals surface area contributed by atoms with E-state index in [9.17, 15) is 11.0 Å². The summed E-state index contributed by atoms with van der Waals surface area (Å²) in [4.78, 5) is 1.02. The van der Waals surface area contributed by atoms with Crippen LogP contribution in [0.2, 0.25) is 0 Å². The number of fused-ring (bicyclic) bond motifs is 5. The van der Waals surface area contributed by atoms with Crippen molar-refractivity contribution < 1.29 is 29.1 Å². The Labute approximate surface area is 305 Å². The first-order chi connectivity index (χ1) is 31.3. The normalized spacial score (nSPS) is 16.6. The maximum atomic E-state index is 9.54. The van der Waals surface area contributed by atoms with Gasteiger partial charge in [0.2, 0.25) is 0 Å². The molecule has 0 spiro atoms. The summed E-state index contributed by atoms with van der Waals surface area (Å²) in [5, 5.41) is 2.26. The largest absolute Gasteiger partial charge is 0.456 e. The van der Waals surface area contributed by atoms with Crippen LogP contribution >= 0.6 is 0 Å². The van der Waals surface area contributed by atoms with Crippen LogP contribution in [-0.4, -0.2) is 0 Å². The highest BCUT2D eigenvalue weighted by molar-refractivity contribution is 6.25. The number of benzene rings is 8. The molecule has 0 aliphatic rings. The third kappa shape index (κ3) is 4.83. The van der Waals surface area contributed by atoms with Crippen LogP contribution in [0.5, 0.6) is 0 Å². The second kappa shape index (κ2) is 11.8. The van der Waals surface area contributed by atoms with E-state index in [1.807, 2.05) is 42.5 Å². The molecule has 9 rings (SSSR count). The van der Waals surface area contributed by atoms with Crippen LogP contribution in [0, 0.1) is 0 Å². The summed E-state index contributed by atoms with van der Waals surface area (Å²) in [5.74, 6) is 0. The summed E-state index contributed by atoms with van der Waals surface area (Å²) in [6, 6.07) is 8.89. The molecule has 0 aliphatic carbocycles. The lowest BCUT2D eigenvalue weighted by Gasteiger charge is -2.27. The summed E-state index contributed by atoms with van der Waals surface area (Å²) in [6.45, 7) is 0. The van der Waals surface area contributed by atoms with Gasteiger partial charge in [0.05, 0.1) is 30.4 Å². The molecule has 2 nitrogen and oxygen atoms in total. The molecule has 8 aromatic carbocycles. The lowest BCUT2D eigenvalue weighted by Crippen LogP contribution is -2.10. The summed E-state index contributed by atoms with van der Waals surface area (Å²) in [7, 11) is 0. The molecule has 0 saturated heterocycles. The maximum Gasteiger partial charge on any atom is 0.138 e. The van der Waals surface area contributed by atoms with Crippen molar-refractivity contribution in [2.24, 2.45) is 0 Å². The van der Waals surface area contributed by atoms with Crippen molar-refractivity contribution in [2.45, 2.75) is 0 Å². The van der Waals surface area contributed by atoms with Gasteiger partial charge in [0.25, 0.3) is 0 Å². The van der Waals surface area contributed by atoms with Gasteiger partial charge in [0.1, 0.15) is 11.2 Å². The minimum Gasteiger partial charge on any atom is -0.456 e. The average Bonchev–Trinajstić information content (AvgIpc) is 3.71. The van der Waals surface area contributed by atoms with E-state index in [2.05, 4.69) is 0 Å². The topological polar surface area (TPSA) is 16.4 Å². The van der Waals surface area contributed by atoms with Crippen LogP contribution in [0.3, 0.4) is 0 Å². The van der Waals surface area contributed by atoms with E-state index < -0.39 is 142 Å². The van der Waals surface area contributed by atoms with Crippen LogP contribution in [0.1, 0.15) is 24.7 Å². The molecule has 0 fully saturated rings. The highest BCUT2D eigenvalue weighted by Gasteiger charge is 2.22. The van der Waals surface area contributed by atoms with Crippen molar-refractivity contribution in [3.05, 3.63) is 188 Å². The molecule has 0 amide bonds. The van der Waals surface area contributed by atoms with Gasteiger partial charge in [-0.2, -0.15) is 0 Å². The molecular formula is C46H31NO. The molecule has 0 atom stereocenters. The van der Waals surface area contributed by atoms with Gasteiger partial charge in [-0.15, -0.1) is 0 Å². The Balaban J connectivity index is 1.44. The smallest absolute Gasteiger partial charge is 0.138 e. The fraction of sp³-hybridized carbons (Fsp3) is 0. The van der Waals surface area contributed by atoms with Crippen LogP contribution in [0.25, 0.3) is 66.1 Å². The Morgan fingerprint density at radius 3 is 1.56 bits per heavy atom. The number of hydrogen-bond acceptors (Lipinski definition) is 2. The van der Waals surface area contributed by atoms with E-state index in [-0.39, 0.29) is 11.3 Å². The predicted octanol–water partition coefficient (Wildman–Crippen LogP) is 13.2. The van der Waals surface area contributed by atoms with Crippen LogP contribution in [0.4, 0.5) is 17.1 Å². The number of hydrogen-bond donors (Lipinski definition) is 0. The molecule has 2 heteroatoms. The molecule has 1 aromatic heterocycles. The summed E-state index contributed by atoms with van der Waals surface area (Å²) in [5.41, 5.74) is -1.31. The molecule has 0 bridgehead atoms. The van der Waals surface area contributed by atoms with Crippen molar-refractivity contribution in [3.8, 4) is 33.4 Å². The van der Waals surface area contributed by atoms with Gasteiger partial charge in [0.15, 0.2) is 0 Å².